The van der Waals surface area contributed by atoms with E-state index in [4.69, 9.17) is 9.84 Å². The maximum atomic E-state index is 8.91. The molecule has 2 unspecified atom stereocenters. The fourth-order valence-electron chi connectivity index (χ4n) is 1.74. The van der Waals surface area contributed by atoms with Crippen molar-refractivity contribution in [3.8, 4) is 0 Å². The fourth-order valence-corrected chi connectivity index (χ4v) is 1.74. The molecule has 0 aromatic rings. The number of hydrogen-bond acceptors (Lipinski definition) is 3. The highest BCUT2D eigenvalue weighted by atomic mass is 16.5. The van der Waals surface area contributed by atoms with Crippen LogP contribution >= 0.6 is 0 Å². The Balaban J connectivity index is 1.73. The number of aliphatic hydroxyl groups excluding tert-OH is 1. The monoisotopic (exact) mass is 171 g/mol. The van der Waals surface area contributed by atoms with Crippen LogP contribution in [0.25, 0.3) is 0 Å². The molecule has 0 amide bonds. The average molecular weight is 171 g/mol. The first-order valence-corrected chi connectivity index (χ1v) is 4.87. The van der Waals surface area contributed by atoms with Crippen molar-refractivity contribution in [2.24, 2.45) is 0 Å². The van der Waals surface area contributed by atoms with Gasteiger partial charge in [-0.1, -0.05) is 0 Å². The molecule has 1 heterocycles. The molecule has 1 saturated carbocycles. The van der Waals surface area contributed by atoms with Crippen molar-refractivity contribution in [3.63, 3.8) is 0 Å². The molecule has 0 spiro atoms. The molecule has 2 aliphatic rings. The van der Waals surface area contributed by atoms with E-state index in [0.717, 1.165) is 25.5 Å². The molecule has 0 aromatic carbocycles. The summed E-state index contributed by atoms with van der Waals surface area (Å²) in [6.07, 6.45) is 4.83. The first kappa shape index (κ1) is 8.48. The van der Waals surface area contributed by atoms with Crippen molar-refractivity contribution in [1.29, 1.82) is 0 Å². The second kappa shape index (κ2) is 3.73. The third kappa shape index (κ3) is 2.19. The van der Waals surface area contributed by atoms with Crippen molar-refractivity contribution in [1.82, 2.24) is 5.32 Å². The maximum Gasteiger partial charge on any atom is 0.0820 e. The van der Waals surface area contributed by atoms with Gasteiger partial charge in [0.25, 0.3) is 0 Å². The van der Waals surface area contributed by atoms with Gasteiger partial charge >= 0.3 is 0 Å². The van der Waals surface area contributed by atoms with Crippen molar-refractivity contribution in [3.05, 3.63) is 0 Å². The Bertz CT molecular complexity index is 147. The Morgan fingerprint density at radius 3 is 2.75 bits per heavy atom. The molecule has 3 nitrogen and oxygen atoms in total. The predicted octanol–water partition coefficient (Wildman–Crippen LogP) is 0.278. The van der Waals surface area contributed by atoms with E-state index >= 15 is 0 Å². The van der Waals surface area contributed by atoms with E-state index in [1.165, 1.54) is 12.8 Å². The second-order valence-electron chi connectivity index (χ2n) is 3.84. The van der Waals surface area contributed by atoms with Crippen molar-refractivity contribution < 1.29 is 9.84 Å². The minimum atomic E-state index is 0.0787. The summed E-state index contributed by atoms with van der Waals surface area (Å²) < 4.78 is 5.37. The van der Waals surface area contributed by atoms with E-state index < -0.39 is 0 Å². The van der Waals surface area contributed by atoms with Gasteiger partial charge in [0.15, 0.2) is 0 Å². The molecular weight excluding hydrogens is 154 g/mol. The standard InChI is InChI=1S/C9H17NO2/c11-6-9-5-8(3-4-12-9)10-7-1-2-7/h7-11H,1-6H2. The summed E-state index contributed by atoms with van der Waals surface area (Å²) in [4.78, 5) is 0. The summed E-state index contributed by atoms with van der Waals surface area (Å²) in [5, 5.41) is 12.5. The second-order valence-corrected chi connectivity index (χ2v) is 3.84. The van der Waals surface area contributed by atoms with Crippen LogP contribution in [-0.4, -0.2) is 36.5 Å². The van der Waals surface area contributed by atoms with E-state index in [0.29, 0.717) is 6.04 Å². The lowest BCUT2D eigenvalue weighted by Gasteiger charge is -2.29. The molecule has 3 heteroatoms. The normalized spacial score (nSPS) is 36.8. The van der Waals surface area contributed by atoms with Crippen molar-refractivity contribution >= 4 is 0 Å². The number of hydrogen-bond donors (Lipinski definition) is 2. The lowest BCUT2D eigenvalue weighted by molar-refractivity contribution is -0.0289. The summed E-state index contributed by atoms with van der Waals surface area (Å²) >= 11 is 0. The zero-order valence-corrected chi connectivity index (χ0v) is 7.33. The zero-order chi connectivity index (χ0) is 8.39. The molecule has 1 saturated heterocycles. The average Bonchev–Trinajstić information content (AvgIpc) is 2.89. The Kier molecular flexibility index (Phi) is 2.63. The Morgan fingerprint density at radius 1 is 1.25 bits per heavy atom. The van der Waals surface area contributed by atoms with E-state index in [1.807, 2.05) is 0 Å². The molecule has 2 rings (SSSR count). The van der Waals surface area contributed by atoms with Crippen molar-refractivity contribution in [2.75, 3.05) is 13.2 Å². The zero-order valence-electron chi connectivity index (χ0n) is 7.33. The third-order valence-electron chi connectivity index (χ3n) is 2.62. The van der Waals surface area contributed by atoms with Gasteiger partial charge in [-0.3, -0.25) is 0 Å². The number of rotatable bonds is 3. The largest absolute Gasteiger partial charge is 0.394 e. The van der Waals surface area contributed by atoms with Gasteiger partial charge in [-0.25, -0.2) is 0 Å². The van der Waals surface area contributed by atoms with Crippen LogP contribution in [0.1, 0.15) is 25.7 Å². The van der Waals surface area contributed by atoms with Crippen LogP contribution in [0.3, 0.4) is 0 Å². The number of nitrogens with one attached hydrogen (secondary N) is 1. The first-order chi connectivity index (χ1) is 5.88. The van der Waals surface area contributed by atoms with Gasteiger partial charge in [0.2, 0.25) is 0 Å². The summed E-state index contributed by atoms with van der Waals surface area (Å²) in [6.45, 7) is 0.971. The minimum absolute atomic E-state index is 0.0787. The van der Waals surface area contributed by atoms with Crippen LogP contribution in [0.4, 0.5) is 0 Å². The summed E-state index contributed by atoms with van der Waals surface area (Å²) in [7, 11) is 0. The first-order valence-electron chi connectivity index (χ1n) is 4.87. The molecule has 2 fully saturated rings. The van der Waals surface area contributed by atoms with Gasteiger partial charge in [-0.15, -0.1) is 0 Å². The van der Waals surface area contributed by atoms with E-state index in [1.54, 1.807) is 0 Å². The number of ether oxygens (including phenoxy) is 1. The quantitative estimate of drug-likeness (QED) is 0.641. The Labute approximate surface area is 73.1 Å². The molecule has 1 aliphatic carbocycles. The van der Waals surface area contributed by atoms with E-state index in [9.17, 15) is 0 Å². The summed E-state index contributed by atoms with van der Waals surface area (Å²) in [5.74, 6) is 0. The van der Waals surface area contributed by atoms with Gasteiger partial charge in [-0.2, -0.15) is 0 Å². The van der Waals surface area contributed by atoms with Crippen LogP contribution in [0.5, 0.6) is 0 Å². The van der Waals surface area contributed by atoms with Gasteiger partial charge in [0, 0.05) is 18.7 Å². The molecule has 0 bridgehead atoms. The van der Waals surface area contributed by atoms with Gasteiger partial charge in [-0.05, 0) is 25.7 Å². The van der Waals surface area contributed by atoms with Crippen LogP contribution in [0, 0.1) is 0 Å². The summed E-state index contributed by atoms with van der Waals surface area (Å²) in [6, 6.07) is 1.36. The molecule has 70 valence electrons. The lowest BCUT2D eigenvalue weighted by Crippen LogP contribution is -2.41. The highest BCUT2D eigenvalue weighted by Crippen LogP contribution is 2.23. The number of aliphatic hydroxyl groups is 1. The molecule has 0 radical (unpaired) electrons. The topological polar surface area (TPSA) is 41.5 Å². The van der Waals surface area contributed by atoms with Crippen LogP contribution < -0.4 is 5.32 Å². The molecular formula is C9H17NO2. The highest BCUT2D eigenvalue weighted by molar-refractivity contribution is 4.87. The fraction of sp³-hybridized carbons (Fsp3) is 1.00. The lowest BCUT2D eigenvalue weighted by atomic mass is 10.0. The highest BCUT2D eigenvalue weighted by Gasteiger charge is 2.28. The Hall–Kier alpha value is -0.120. The Morgan fingerprint density at radius 2 is 2.08 bits per heavy atom. The van der Waals surface area contributed by atoms with Crippen LogP contribution in [0.2, 0.25) is 0 Å². The van der Waals surface area contributed by atoms with Gasteiger partial charge in [0.05, 0.1) is 12.7 Å². The molecule has 2 atom stereocenters. The molecule has 0 aromatic heterocycles. The van der Waals surface area contributed by atoms with Crippen LogP contribution in [0.15, 0.2) is 0 Å². The van der Waals surface area contributed by atoms with Gasteiger partial charge < -0.3 is 15.2 Å². The predicted molar refractivity (Wildman–Crippen MR) is 46.0 cm³/mol. The van der Waals surface area contributed by atoms with E-state index in [-0.39, 0.29) is 12.7 Å². The van der Waals surface area contributed by atoms with E-state index in [2.05, 4.69) is 5.32 Å². The van der Waals surface area contributed by atoms with Crippen molar-refractivity contribution in [2.45, 2.75) is 43.9 Å². The smallest absolute Gasteiger partial charge is 0.0820 e. The third-order valence-corrected chi connectivity index (χ3v) is 2.62. The molecule has 12 heavy (non-hydrogen) atoms. The summed E-state index contributed by atoms with van der Waals surface area (Å²) in [5.41, 5.74) is 0. The molecule has 2 N–H and O–H groups in total. The minimum Gasteiger partial charge on any atom is -0.394 e. The maximum absolute atomic E-state index is 8.91. The van der Waals surface area contributed by atoms with Gasteiger partial charge in [0.1, 0.15) is 0 Å². The molecule has 1 aliphatic heterocycles. The SMILES string of the molecule is OCC1CC(NC2CC2)CCO1. The van der Waals surface area contributed by atoms with Crippen LogP contribution in [-0.2, 0) is 4.74 Å².